The number of carbonyl (C=O) groups excluding carboxylic acids is 1. The van der Waals surface area contributed by atoms with E-state index in [0.717, 1.165) is 68.7 Å². The van der Waals surface area contributed by atoms with E-state index in [1.54, 1.807) is 14.2 Å². The number of hydrogen-bond donors (Lipinski definition) is 1. The number of halogens is 1. The summed E-state index contributed by atoms with van der Waals surface area (Å²) in [5, 5.41) is 0. The van der Waals surface area contributed by atoms with Gasteiger partial charge in [-0.3, -0.25) is 4.79 Å². The van der Waals surface area contributed by atoms with Crippen molar-refractivity contribution in [3.05, 3.63) is 23.8 Å². The summed E-state index contributed by atoms with van der Waals surface area (Å²) in [6.07, 6.45) is 6.89. The van der Waals surface area contributed by atoms with Gasteiger partial charge in [0.25, 0.3) is 0 Å². The summed E-state index contributed by atoms with van der Waals surface area (Å²) in [7, 11) is 3.27. The van der Waals surface area contributed by atoms with E-state index in [4.69, 9.17) is 15.2 Å². The van der Waals surface area contributed by atoms with Gasteiger partial charge in [0.2, 0.25) is 5.91 Å². The smallest absolute Gasteiger partial charge is 0.223 e. The number of hydrogen-bond acceptors (Lipinski definition) is 4. The number of rotatable bonds is 9. The number of likely N-dealkylation sites (tertiary alicyclic amines) is 1. The molecule has 1 unspecified atom stereocenters. The number of methoxy groups -OCH3 is 2. The summed E-state index contributed by atoms with van der Waals surface area (Å²) in [4.78, 5) is 14.6. The van der Waals surface area contributed by atoms with Crippen molar-refractivity contribution < 1.29 is 14.3 Å². The molecular weight excluding hydrogens is 340 g/mol. The number of nitrogens with two attached hydrogens (primary N) is 1. The number of nitrogens with zero attached hydrogens (tertiary/aromatic N) is 1. The van der Waals surface area contributed by atoms with Crippen molar-refractivity contribution in [1.29, 1.82) is 0 Å². The minimum absolute atomic E-state index is 0. The molecule has 2 rings (SSSR count). The van der Waals surface area contributed by atoms with E-state index < -0.39 is 0 Å². The molecule has 0 bridgehead atoms. The molecule has 0 aromatic heterocycles. The molecule has 0 radical (unpaired) electrons. The maximum Gasteiger partial charge on any atom is 0.223 e. The Bertz CT molecular complexity index is 539. The number of amides is 1. The largest absolute Gasteiger partial charge is 0.493 e. The van der Waals surface area contributed by atoms with Gasteiger partial charge in [0.05, 0.1) is 20.3 Å². The van der Waals surface area contributed by atoms with Crippen molar-refractivity contribution in [2.24, 2.45) is 5.73 Å². The minimum Gasteiger partial charge on any atom is -0.493 e. The number of benzene rings is 1. The zero-order valence-electron chi connectivity index (χ0n) is 15.3. The van der Waals surface area contributed by atoms with Crippen LogP contribution >= 0.6 is 12.4 Å². The minimum atomic E-state index is 0. The molecule has 2 N–H and O–H groups in total. The summed E-state index contributed by atoms with van der Waals surface area (Å²) >= 11 is 0. The summed E-state index contributed by atoms with van der Waals surface area (Å²) in [5.41, 5.74) is 6.63. The van der Waals surface area contributed by atoms with Gasteiger partial charge in [0, 0.05) is 13.0 Å². The Morgan fingerprint density at radius 3 is 2.56 bits per heavy atom. The topological polar surface area (TPSA) is 64.8 Å². The van der Waals surface area contributed by atoms with Crippen molar-refractivity contribution >= 4 is 18.3 Å². The van der Waals surface area contributed by atoms with E-state index in [2.05, 4.69) is 0 Å². The van der Waals surface area contributed by atoms with E-state index in [-0.39, 0.29) is 24.4 Å². The summed E-state index contributed by atoms with van der Waals surface area (Å²) < 4.78 is 10.7. The average molecular weight is 371 g/mol. The molecule has 1 heterocycles. The number of unbranched alkanes of at least 4 members (excludes halogenated alkanes) is 3. The van der Waals surface area contributed by atoms with Gasteiger partial charge in [-0.2, -0.15) is 0 Å². The molecule has 0 saturated carbocycles. The lowest BCUT2D eigenvalue weighted by Crippen LogP contribution is -2.30. The predicted octanol–water partition coefficient (Wildman–Crippen LogP) is 3.70. The Balaban J connectivity index is 0.00000312. The molecule has 1 aromatic carbocycles. The van der Waals surface area contributed by atoms with E-state index in [0.29, 0.717) is 6.42 Å². The Morgan fingerprint density at radius 1 is 1.16 bits per heavy atom. The van der Waals surface area contributed by atoms with Gasteiger partial charge in [0.15, 0.2) is 11.5 Å². The lowest BCUT2D eigenvalue weighted by Gasteiger charge is -2.26. The zero-order chi connectivity index (χ0) is 17.4. The summed E-state index contributed by atoms with van der Waals surface area (Å²) in [6.45, 7) is 1.59. The standard InChI is InChI=1S/C19H30N2O3.ClH/c1-23-17-11-10-15(14-18(17)24-2)16-8-7-13-21(16)19(22)9-5-3-4-6-12-20;/h10-11,14,16H,3-9,12-13,20H2,1-2H3;1H. The highest BCUT2D eigenvalue weighted by molar-refractivity contribution is 5.85. The third kappa shape index (κ3) is 5.79. The van der Waals surface area contributed by atoms with Crippen molar-refractivity contribution in [2.75, 3.05) is 27.3 Å². The highest BCUT2D eigenvalue weighted by Crippen LogP contribution is 2.37. The molecule has 5 nitrogen and oxygen atoms in total. The van der Waals surface area contributed by atoms with E-state index in [1.807, 2.05) is 23.1 Å². The number of carbonyl (C=O) groups is 1. The average Bonchev–Trinajstić information content (AvgIpc) is 3.10. The van der Waals surface area contributed by atoms with Crippen LogP contribution in [0.1, 0.15) is 56.6 Å². The van der Waals surface area contributed by atoms with Crippen LogP contribution in [0, 0.1) is 0 Å². The molecule has 1 aliphatic heterocycles. The highest BCUT2D eigenvalue weighted by Gasteiger charge is 2.30. The Morgan fingerprint density at radius 2 is 1.88 bits per heavy atom. The van der Waals surface area contributed by atoms with Crippen LogP contribution in [0.2, 0.25) is 0 Å². The molecular formula is C19H31ClN2O3. The lowest BCUT2D eigenvalue weighted by atomic mass is 10.0. The van der Waals surface area contributed by atoms with E-state index in [9.17, 15) is 4.79 Å². The van der Waals surface area contributed by atoms with Crippen LogP contribution in [0.25, 0.3) is 0 Å². The molecule has 0 spiro atoms. The Hall–Kier alpha value is -1.46. The lowest BCUT2D eigenvalue weighted by molar-refractivity contribution is -0.132. The van der Waals surface area contributed by atoms with Crippen molar-refractivity contribution in [3.8, 4) is 11.5 Å². The predicted molar refractivity (Wildman–Crippen MR) is 103 cm³/mol. The zero-order valence-corrected chi connectivity index (χ0v) is 16.1. The van der Waals surface area contributed by atoms with Gasteiger partial charge in [-0.1, -0.05) is 18.9 Å². The van der Waals surface area contributed by atoms with Crippen LogP contribution in [0.5, 0.6) is 11.5 Å². The molecule has 6 heteroatoms. The van der Waals surface area contributed by atoms with Crippen LogP contribution in [0.4, 0.5) is 0 Å². The SMILES string of the molecule is COc1ccc(C2CCCN2C(=O)CCCCCCN)cc1OC.Cl. The fraction of sp³-hybridized carbons (Fsp3) is 0.632. The summed E-state index contributed by atoms with van der Waals surface area (Å²) in [5.74, 6) is 1.70. The van der Waals surface area contributed by atoms with Crippen molar-refractivity contribution in [2.45, 2.75) is 51.0 Å². The first-order chi connectivity index (χ1) is 11.7. The fourth-order valence-corrected chi connectivity index (χ4v) is 3.39. The van der Waals surface area contributed by atoms with Crippen LogP contribution in [0.15, 0.2) is 18.2 Å². The van der Waals surface area contributed by atoms with Crippen LogP contribution in [-0.4, -0.2) is 38.1 Å². The van der Waals surface area contributed by atoms with Crippen LogP contribution in [-0.2, 0) is 4.79 Å². The van der Waals surface area contributed by atoms with E-state index in [1.165, 1.54) is 0 Å². The van der Waals surface area contributed by atoms with Crippen LogP contribution in [0.3, 0.4) is 0 Å². The van der Waals surface area contributed by atoms with Gasteiger partial charge in [-0.15, -0.1) is 12.4 Å². The summed E-state index contributed by atoms with van der Waals surface area (Å²) in [6, 6.07) is 6.11. The first-order valence-electron chi connectivity index (χ1n) is 8.92. The second-order valence-electron chi connectivity index (χ2n) is 6.31. The first kappa shape index (κ1) is 21.6. The Kier molecular flexibility index (Phi) is 9.68. The molecule has 142 valence electrons. The molecule has 1 aliphatic rings. The van der Waals surface area contributed by atoms with Crippen molar-refractivity contribution in [1.82, 2.24) is 4.90 Å². The normalized spacial score (nSPS) is 16.4. The van der Waals surface area contributed by atoms with Gasteiger partial charge in [-0.05, 0) is 49.9 Å². The molecule has 1 saturated heterocycles. The van der Waals surface area contributed by atoms with Gasteiger partial charge < -0.3 is 20.1 Å². The third-order valence-corrected chi connectivity index (χ3v) is 4.71. The van der Waals surface area contributed by atoms with Gasteiger partial charge in [-0.25, -0.2) is 0 Å². The van der Waals surface area contributed by atoms with E-state index >= 15 is 0 Å². The first-order valence-corrected chi connectivity index (χ1v) is 8.92. The fourth-order valence-electron chi connectivity index (χ4n) is 3.39. The van der Waals surface area contributed by atoms with Gasteiger partial charge >= 0.3 is 0 Å². The molecule has 1 aromatic rings. The van der Waals surface area contributed by atoms with Crippen LogP contribution < -0.4 is 15.2 Å². The quantitative estimate of drug-likeness (QED) is 0.673. The molecule has 0 aliphatic carbocycles. The molecule has 1 amide bonds. The molecule has 1 atom stereocenters. The monoisotopic (exact) mass is 370 g/mol. The second kappa shape index (κ2) is 11.2. The highest BCUT2D eigenvalue weighted by atomic mass is 35.5. The maximum atomic E-state index is 12.6. The maximum absolute atomic E-state index is 12.6. The van der Waals surface area contributed by atoms with Crippen molar-refractivity contribution in [3.63, 3.8) is 0 Å². The molecule has 1 fully saturated rings. The number of ether oxygens (including phenoxy) is 2. The Labute approximate surface area is 157 Å². The second-order valence-corrected chi connectivity index (χ2v) is 6.31. The van der Waals surface area contributed by atoms with Gasteiger partial charge in [0.1, 0.15) is 0 Å². The molecule has 25 heavy (non-hydrogen) atoms. The third-order valence-electron chi connectivity index (χ3n) is 4.71.